The molecule has 2 aliphatic carbocycles. The molecule has 7 heteroatoms. The second kappa shape index (κ2) is 7.84. The first-order valence-corrected chi connectivity index (χ1v) is 9.98. The summed E-state index contributed by atoms with van der Waals surface area (Å²) in [7, 11) is 1.53. The SMILES string of the molecule is COc1nn(-c2ccccc2)c(NC(N)=O)c1C.OC1Cc2ccccc2C12CC2. The number of carbonyl (C=O) groups is 1. The monoisotopic (exact) mass is 406 g/mol. The van der Waals surface area contributed by atoms with Crippen LogP contribution in [0.1, 0.15) is 29.5 Å². The molecule has 5 rings (SSSR count). The molecule has 1 spiro atoms. The van der Waals surface area contributed by atoms with Gasteiger partial charge in [0.25, 0.3) is 0 Å². The van der Waals surface area contributed by atoms with Gasteiger partial charge in [-0.1, -0.05) is 42.5 Å². The largest absolute Gasteiger partial charge is 0.480 e. The first-order chi connectivity index (χ1) is 14.5. The van der Waals surface area contributed by atoms with Crippen LogP contribution >= 0.6 is 0 Å². The summed E-state index contributed by atoms with van der Waals surface area (Å²) in [6.07, 6.45) is 3.14. The summed E-state index contributed by atoms with van der Waals surface area (Å²) in [5, 5.41) is 16.7. The van der Waals surface area contributed by atoms with Gasteiger partial charge < -0.3 is 15.6 Å². The number of amides is 2. The minimum absolute atomic E-state index is 0.102. The number of nitrogens with one attached hydrogen (secondary N) is 1. The third-order valence-corrected chi connectivity index (χ3v) is 5.91. The van der Waals surface area contributed by atoms with Gasteiger partial charge in [-0.3, -0.25) is 5.32 Å². The zero-order chi connectivity index (χ0) is 21.3. The van der Waals surface area contributed by atoms with E-state index >= 15 is 0 Å². The predicted octanol–water partition coefficient (Wildman–Crippen LogP) is 3.32. The summed E-state index contributed by atoms with van der Waals surface area (Å²) in [6, 6.07) is 17.2. The van der Waals surface area contributed by atoms with Crippen LogP contribution in [0.15, 0.2) is 54.6 Å². The average Bonchev–Trinajstić information content (AvgIpc) is 3.44. The fraction of sp³-hybridized carbons (Fsp3) is 0.304. The molecule has 7 nitrogen and oxygen atoms in total. The lowest BCUT2D eigenvalue weighted by molar-refractivity contribution is 0.146. The summed E-state index contributed by atoms with van der Waals surface area (Å²) >= 11 is 0. The fourth-order valence-electron chi connectivity index (χ4n) is 4.19. The number of aliphatic hydroxyl groups excluding tert-OH is 1. The van der Waals surface area contributed by atoms with E-state index in [0.717, 1.165) is 17.7 Å². The minimum atomic E-state index is -0.641. The molecule has 1 fully saturated rings. The smallest absolute Gasteiger partial charge is 0.317 e. The Labute approximate surface area is 175 Å². The second-order valence-electron chi connectivity index (χ2n) is 7.75. The van der Waals surface area contributed by atoms with Gasteiger partial charge in [0.15, 0.2) is 0 Å². The van der Waals surface area contributed by atoms with Crippen LogP contribution < -0.4 is 15.8 Å². The van der Waals surface area contributed by atoms with E-state index in [1.165, 1.54) is 31.1 Å². The van der Waals surface area contributed by atoms with Crippen molar-refractivity contribution in [2.24, 2.45) is 5.73 Å². The lowest BCUT2D eigenvalue weighted by Gasteiger charge is -2.12. The molecule has 2 aliphatic rings. The first kappa shape index (κ1) is 20.0. The van der Waals surface area contributed by atoms with Gasteiger partial charge in [-0.05, 0) is 49.4 Å². The molecular weight excluding hydrogens is 380 g/mol. The normalized spacial score (nSPS) is 17.6. The number of aromatic nitrogens is 2. The van der Waals surface area contributed by atoms with Crippen molar-refractivity contribution in [3.63, 3.8) is 0 Å². The average molecular weight is 406 g/mol. The van der Waals surface area contributed by atoms with E-state index in [1.54, 1.807) is 11.6 Å². The molecule has 2 amide bonds. The standard InChI is InChI=1S/C12H14N4O2.C11H12O/c1-8-10(14-12(13)17)16(15-11(8)18-2)9-6-4-3-5-7-9;12-10-7-8-3-1-2-4-9(8)11(10)5-6-11/h3-7H,1-2H3,(H3,13,14,17);1-4,10,12H,5-7H2. The van der Waals surface area contributed by atoms with Crippen LogP contribution in [0.4, 0.5) is 10.6 Å². The van der Waals surface area contributed by atoms with Crippen molar-refractivity contribution >= 4 is 11.8 Å². The maximum atomic E-state index is 11.0. The summed E-state index contributed by atoms with van der Waals surface area (Å²) in [5.74, 6) is 0.952. The van der Waals surface area contributed by atoms with Crippen LogP contribution in [0.2, 0.25) is 0 Å². The highest BCUT2D eigenvalue weighted by Gasteiger charge is 2.54. The molecule has 1 unspecified atom stereocenters. The molecule has 0 saturated heterocycles. The number of aliphatic hydroxyl groups is 1. The molecular formula is C23H26N4O3. The Morgan fingerprint density at radius 3 is 2.50 bits per heavy atom. The quantitative estimate of drug-likeness (QED) is 0.621. The Bertz CT molecular complexity index is 1060. The lowest BCUT2D eigenvalue weighted by atomic mass is 9.97. The molecule has 1 aromatic heterocycles. The van der Waals surface area contributed by atoms with E-state index in [9.17, 15) is 9.90 Å². The predicted molar refractivity (Wildman–Crippen MR) is 115 cm³/mol. The lowest BCUT2D eigenvalue weighted by Crippen LogP contribution is -2.21. The molecule has 0 bridgehead atoms. The van der Waals surface area contributed by atoms with Crippen molar-refractivity contribution in [1.29, 1.82) is 0 Å². The Kier molecular flexibility index (Phi) is 5.22. The Morgan fingerprint density at radius 2 is 1.87 bits per heavy atom. The van der Waals surface area contributed by atoms with Crippen LogP contribution in [0.25, 0.3) is 5.69 Å². The van der Waals surface area contributed by atoms with E-state index in [2.05, 4.69) is 34.7 Å². The number of benzene rings is 2. The van der Waals surface area contributed by atoms with Crippen molar-refractivity contribution in [2.75, 3.05) is 12.4 Å². The van der Waals surface area contributed by atoms with E-state index < -0.39 is 6.03 Å². The number of nitrogens with two attached hydrogens (primary N) is 1. The fourth-order valence-corrected chi connectivity index (χ4v) is 4.19. The van der Waals surface area contributed by atoms with Crippen molar-refractivity contribution < 1.29 is 14.6 Å². The highest BCUT2D eigenvalue weighted by Crippen LogP contribution is 2.56. The van der Waals surface area contributed by atoms with Gasteiger partial charge in [0.05, 0.1) is 24.5 Å². The number of fused-ring (bicyclic) bond motifs is 2. The summed E-state index contributed by atoms with van der Waals surface area (Å²) in [4.78, 5) is 11.0. The van der Waals surface area contributed by atoms with Gasteiger partial charge in [0, 0.05) is 5.41 Å². The molecule has 156 valence electrons. The first-order valence-electron chi connectivity index (χ1n) is 9.98. The topological polar surface area (TPSA) is 102 Å². The molecule has 0 radical (unpaired) electrons. The number of nitrogens with zero attached hydrogens (tertiary/aromatic N) is 2. The van der Waals surface area contributed by atoms with E-state index in [4.69, 9.17) is 10.5 Å². The molecule has 3 aromatic rings. The number of urea groups is 1. The highest BCUT2D eigenvalue weighted by molar-refractivity contribution is 5.88. The second-order valence-corrected chi connectivity index (χ2v) is 7.75. The van der Waals surface area contributed by atoms with Crippen molar-refractivity contribution in [1.82, 2.24) is 9.78 Å². The molecule has 30 heavy (non-hydrogen) atoms. The van der Waals surface area contributed by atoms with Crippen LogP contribution in [-0.4, -0.2) is 34.1 Å². The van der Waals surface area contributed by atoms with Crippen molar-refractivity contribution in [3.05, 3.63) is 71.3 Å². The zero-order valence-corrected chi connectivity index (χ0v) is 17.1. The maximum absolute atomic E-state index is 11.0. The molecule has 4 N–H and O–H groups in total. The van der Waals surface area contributed by atoms with Gasteiger partial charge in [-0.2, -0.15) is 0 Å². The van der Waals surface area contributed by atoms with Crippen LogP contribution in [-0.2, 0) is 11.8 Å². The number of ether oxygens (including phenoxy) is 1. The minimum Gasteiger partial charge on any atom is -0.480 e. The number of hydrogen-bond donors (Lipinski definition) is 3. The Hall–Kier alpha value is -3.32. The number of anilines is 1. The van der Waals surface area contributed by atoms with Gasteiger partial charge in [0.1, 0.15) is 5.82 Å². The number of carbonyl (C=O) groups excluding carboxylic acids is 1. The maximum Gasteiger partial charge on any atom is 0.317 e. The van der Waals surface area contributed by atoms with Crippen molar-refractivity contribution in [3.8, 4) is 11.6 Å². The van der Waals surface area contributed by atoms with Crippen LogP contribution in [0.5, 0.6) is 5.88 Å². The number of hydrogen-bond acceptors (Lipinski definition) is 4. The van der Waals surface area contributed by atoms with E-state index in [-0.39, 0.29) is 11.5 Å². The Balaban J connectivity index is 0.000000156. The number of para-hydroxylation sites is 1. The zero-order valence-electron chi connectivity index (χ0n) is 17.1. The number of methoxy groups -OCH3 is 1. The molecule has 1 heterocycles. The van der Waals surface area contributed by atoms with Gasteiger partial charge in [-0.25, -0.2) is 9.48 Å². The summed E-state index contributed by atoms with van der Waals surface area (Å²) in [6.45, 7) is 1.80. The number of primary amides is 1. The molecule has 1 atom stereocenters. The molecule has 1 saturated carbocycles. The van der Waals surface area contributed by atoms with Crippen molar-refractivity contribution in [2.45, 2.75) is 37.7 Å². The van der Waals surface area contributed by atoms with E-state index in [1.807, 2.05) is 30.3 Å². The van der Waals surface area contributed by atoms with Gasteiger partial charge in [0.2, 0.25) is 5.88 Å². The molecule has 0 aliphatic heterocycles. The van der Waals surface area contributed by atoms with E-state index in [0.29, 0.717) is 11.7 Å². The van der Waals surface area contributed by atoms with Crippen LogP contribution in [0, 0.1) is 6.92 Å². The van der Waals surface area contributed by atoms with Crippen LogP contribution in [0.3, 0.4) is 0 Å². The summed E-state index contributed by atoms with van der Waals surface area (Å²) in [5.41, 5.74) is 9.66. The molecule has 2 aromatic carbocycles. The van der Waals surface area contributed by atoms with Gasteiger partial charge >= 0.3 is 6.03 Å². The third-order valence-electron chi connectivity index (χ3n) is 5.91. The Morgan fingerprint density at radius 1 is 1.20 bits per heavy atom. The number of rotatable bonds is 3. The summed E-state index contributed by atoms with van der Waals surface area (Å²) < 4.78 is 6.73. The highest BCUT2D eigenvalue weighted by atomic mass is 16.5. The van der Waals surface area contributed by atoms with Gasteiger partial charge in [-0.15, -0.1) is 5.10 Å². The third kappa shape index (κ3) is 3.52.